The summed E-state index contributed by atoms with van der Waals surface area (Å²) in [5.74, 6) is 0.259. The van der Waals surface area contributed by atoms with Gasteiger partial charge in [-0.15, -0.1) is 0 Å². The van der Waals surface area contributed by atoms with Gasteiger partial charge in [-0.25, -0.2) is 4.98 Å². The van der Waals surface area contributed by atoms with E-state index in [9.17, 15) is 15.0 Å². The van der Waals surface area contributed by atoms with E-state index in [1.54, 1.807) is 20.0 Å². The smallest absolute Gasteiger partial charge is 0.311 e. The second kappa shape index (κ2) is 11.7. The number of carboxylic acid groups (broad SMARTS) is 1. The number of likely N-dealkylation sites (tertiary alicyclic amines) is 1. The number of fused-ring (bicyclic) bond motifs is 2. The fraction of sp³-hybridized carbons (Fsp3) is 0.375. The highest BCUT2D eigenvalue weighted by Crippen LogP contribution is 2.37. The van der Waals surface area contributed by atoms with Crippen molar-refractivity contribution in [2.45, 2.75) is 44.8 Å². The number of aromatic nitrogens is 1. The number of hydrogen-bond acceptors (Lipinski definition) is 6. The fourth-order valence-electron chi connectivity index (χ4n) is 5.14. The molecule has 0 spiro atoms. The van der Waals surface area contributed by atoms with Crippen LogP contribution < -0.4 is 4.74 Å². The van der Waals surface area contributed by atoms with E-state index in [-0.39, 0.29) is 6.61 Å². The number of halogens is 1. The summed E-state index contributed by atoms with van der Waals surface area (Å²) in [5, 5.41) is 21.4. The highest BCUT2D eigenvalue weighted by atomic mass is 35.5. The Hall–Kier alpha value is -3.23. The van der Waals surface area contributed by atoms with Gasteiger partial charge in [-0.3, -0.25) is 4.79 Å². The van der Waals surface area contributed by atoms with Crippen LogP contribution >= 0.6 is 11.6 Å². The molecule has 0 bridgehead atoms. The third-order valence-corrected chi connectivity index (χ3v) is 8.05. The predicted octanol–water partition coefficient (Wildman–Crippen LogP) is 5.76. The Labute approximate surface area is 240 Å². The van der Waals surface area contributed by atoms with Crippen LogP contribution in [-0.2, 0) is 15.1 Å². The van der Waals surface area contributed by atoms with E-state index in [1.807, 2.05) is 54.6 Å². The van der Waals surface area contributed by atoms with Gasteiger partial charge in [0.15, 0.2) is 0 Å². The lowest BCUT2D eigenvalue weighted by atomic mass is 9.84. The average Bonchev–Trinajstić information content (AvgIpc) is 3.10. The first-order valence-electron chi connectivity index (χ1n) is 13.6. The maximum atomic E-state index is 11.6. The van der Waals surface area contributed by atoms with Crippen LogP contribution in [0.2, 0.25) is 5.02 Å². The molecule has 0 radical (unpaired) electrons. The summed E-state index contributed by atoms with van der Waals surface area (Å²) >= 11 is 6.03. The molecule has 2 aliphatic heterocycles. The zero-order chi connectivity index (χ0) is 28.3. The van der Waals surface area contributed by atoms with Crippen molar-refractivity contribution >= 4 is 23.1 Å². The van der Waals surface area contributed by atoms with E-state index < -0.39 is 23.1 Å². The molecule has 1 aromatic heterocycles. The summed E-state index contributed by atoms with van der Waals surface area (Å²) in [6, 6.07) is 11.4. The highest BCUT2D eigenvalue weighted by molar-refractivity contribution is 6.30. The summed E-state index contributed by atoms with van der Waals surface area (Å²) in [7, 11) is 0. The van der Waals surface area contributed by atoms with Crippen molar-refractivity contribution in [3.8, 4) is 5.88 Å². The van der Waals surface area contributed by atoms with Gasteiger partial charge < -0.3 is 24.6 Å². The normalized spacial score (nSPS) is 21.5. The zero-order valence-corrected chi connectivity index (χ0v) is 23.6. The van der Waals surface area contributed by atoms with Crippen molar-refractivity contribution in [2.75, 3.05) is 26.2 Å². The van der Waals surface area contributed by atoms with Gasteiger partial charge in [0, 0.05) is 42.0 Å². The van der Waals surface area contributed by atoms with Crippen molar-refractivity contribution in [2.24, 2.45) is 5.41 Å². The van der Waals surface area contributed by atoms with Gasteiger partial charge in [0.1, 0.15) is 11.9 Å². The minimum atomic E-state index is -1.02. The molecule has 0 amide bonds. The van der Waals surface area contributed by atoms with Crippen LogP contribution in [0.3, 0.4) is 0 Å². The number of aliphatic carboxylic acids is 1. The van der Waals surface area contributed by atoms with Crippen LogP contribution in [0.4, 0.5) is 0 Å². The van der Waals surface area contributed by atoms with E-state index in [1.165, 1.54) is 0 Å². The zero-order valence-electron chi connectivity index (χ0n) is 22.8. The molecule has 1 aliphatic carbocycles. The predicted molar refractivity (Wildman–Crippen MR) is 155 cm³/mol. The second-order valence-electron chi connectivity index (χ2n) is 11.2. The number of carboxylic acids is 1. The number of ether oxygens (including phenoxy) is 2. The van der Waals surface area contributed by atoms with Crippen LogP contribution in [0.15, 0.2) is 84.3 Å². The molecule has 1 unspecified atom stereocenters. The quantitative estimate of drug-likeness (QED) is 0.422. The van der Waals surface area contributed by atoms with Crippen molar-refractivity contribution < 1.29 is 24.5 Å². The molecule has 40 heavy (non-hydrogen) atoms. The lowest BCUT2D eigenvalue weighted by Crippen LogP contribution is -2.42. The van der Waals surface area contributed by atoms with Crippen molar-refractivity contribution in [1.82, 2.24) is 9.88 Å². The van der Waals surface area contributed by atoms with Crippen molar-refractivity contribution in [3.05, 3.63) is 100 Å². The number of nitrogens with zero attached hydrogens (tertiary/aromatic N) is 2. The van der Waals surface area contributed by atoms with Gasteiger partial charge in [-0.1, -0.05) is 42.0 Å². The number of aliphatic hydroxyl groups is 1. The van der Waals surface area contributed by atoms with Crippen molar-refractivity contribution in [1.29, 1.82) is 0 Å². The largest absolute Gasteiger partial charge is 0.481 e. The molecule has 210 valence electrons. The number of benzene rings is 1. The lowest BCUT2D eigenvalue weighted by molar-refractivity contribution is -0.150. The van der Waals surface area contributed by atoms with E-state index in [0.29, 0.717) is 29.5 Å². The molecular formula is C32H35ClN2O5. The van der Waals surface area contributed by atoms with E-state index >= 15 is 0 Å². The van der Waals surface area contributed by atoms with E-state index in [4.69, 9.17) is 21.1 Å². The minimum Gasteiger partial charge on any atom is -0.481 e. The summed E-state index contributed by atoms with van der Waals surface area (Å²) < 4.78 is 12.3. The van der Waals surface area contributed by atoms with E-state index in [0.717, 1.165) is 48.3 Å². The number of allylic oxidation sites excluding steroid dienone is 4. The van der Waals surface area contributed by atoms with Crippen LogP contribution in [0.5, 0.6) is 5.88 Å². The molecule has 1 atom stereocenters. The minimum absolute atomic E-state index is 0.0591. The summed E-state index contributed by atoms with van der Waals surface area (Å²) in [6.07, 6.45) is 13.3. The molecule has 3 heterocycles. The third-order valence-electron chi connectivity index (χ3n) is 7.80. The Bertz CT molecular complexity index is 1370. The lowest BCUT2D eigenvalue weighted by Gasteiger charge is -2.38. The number of piperidine rings is 1. The maximum absolute atomic E-state index is 11.6. The molecular weight excluding hydrogens is 528 g/mol. The van der Waals surface area contributed by atoms with Gasteiger partial charge in [0.05, 0.1) is 17.6 Å². The second-order valence-corrected chi connectivity index (χ2v) is 11.7. The molecule has 1 saturated heterocycles. The third kappa shape index (κ3) is 6.23. The maximum Gasteiger partial charge on any atom is 0.311 e. The molecule has 1 aromatic carbocycles. The Morgan fingerprint density at radius 3 is 2.73 bits per heavy atom. The molecule has 2 N–H and O–H groups in total. The molecule has 8 heteroatoms. The first kappa shape index (κ1) is 28.3. The van der Waals surface area contributed by atoms with Crippen LogP contribution in [0.1, 0.15) is 44.2 Å². The average molecular weight is 563 g/mol. The molecule has 0 saturated carbocycles. The van der Waals surface area contributed by atoms with Crippen molar-refractivity contribution in [3.63, 3.8) is 0 Å². The number of pyridine rings is 1. The Kier molecular flexibility index (Phi) is 8.29. The van der Waals surface area contributed by atoms with E-state index in [2.05, 4.69) is 22.0 Å². The SMILES string of the molecule is CC(C)(COC1C=CC=C2Oc3ncccc3C(=CCCN3CCC(O)(c4ccc(Cl)cc4)CC3)C=C21)C(=O)O. The summed E-state index contributed by atoms with van der Waals surface area (Å²) in [6.45, 7) is 5.82. The molecule has 5 rings (SSSR count). The molecule has 3 aliphatic rings. The standard InChI is InChI=1S/C32H35ClN2O5/c1-31(2,30(36)37)21-39-27-8-3-9-28-26(27)20-22(25-7-4-16-34-29(25)40-28)6-5-17-35-18-14-32(38,15-19-35)23-10-12-24(33)13-11-23/h3-4,6-13,16,20,27,38H,5,14-15,17-19,21H2,1-2H3,(H,36,37). The fourth-order valence-corrected chi connectivity index (χ4v) is 5.27. The molecule has 7 nitrogen and oxygen atoms in total. The van der Waals surface area contributed by atoms with Gasteiger partial charge >= 0.3 is 5.97 Å². The van der Waals surface area contributed by atoms with Gasteiger partial charge in [0.25, 0.3) is 0 Å². The topological polar surface area (TPSA) is 92.1 Å². The van der Waals surface area contributed by atoms with Gasteiger partial charge in [-0.05, 0) is 80.7 Å². The van der Waals surface area contributed by atoms with Crippen LogP contribution in [-0.4, -0.2) is 58.4 Å². The summed E-state index contributed by atoms with van der Waals surface area (Å²) in [4.78, 5) is 18.5. The number of carbonyl (C=O) groups is 1. The number of rotatable bonds is 8. The molecule has 1 fully saturated rings. The summed E-state index contributed by atoms with van der Waals surface area (Å²) in [5.41, 5.74) is 1.79. The van der Waals surface area contributed by atoms with Gasteiger partial charge in [0.2, 0.25) is 5.88 Å². The van der Waals surface area contributed by atoms with Crippen LogP contribution in [0.25, 0.3) is 5.57 Å². The highest BCUT2D eigenvalue weighted by Gasteiger charge is 2.34. The number of hydrogen-bond donors (Lipinski definition) is 2. The molecule has 2 aromatic rings. The van der Waals surface area contributed by atoms with Crippen LogP contribution in [0, 0.1) is 5.41 Å². The first-order chi connectivity index (χ1) is 19.1. The first-order valence-corrected chi connectivity index (χ1v) is 14.0. The Morgan fingerprint density at radius 2 is 2.00 bits per heavy atom. The Morgan fingerprint density at radius 1 is 1.25 bits per heavy atom. The Balaban J connectivity index is 1.30. The van der Waals surface area contributed by atoms with Gasteiger partial charge in [-0.2, -0.15) is 0 Å². The monoisotopic (exact) mass is 562 g/mol.